The number of hydrogen-bond donors (Lipinski definition) is 1. The van der Waals surface area contributed by atoms with E-state index in [4.69, 9.17) is 0 Å². The normalized spacial score (nSPS) is 34.6. The van der Waals surface area contributed by atoms with Crippen molar-refractivity contribution in [1.29, 1.82) is 0 Å². The number of nitrogens with one attached hydrogen (secondary N) is 1. The molecule has 0 amide bonds. The molecule has 1 rings (SSSR count). The van der Waals surface area contributed by atoms with E-state index < -0.39 is 15.2 Å². The van der Waals surface area contributed by atoms with Crippen LogP contribution in [0.4, 0.5) is 0 Å². The molecule has 0 aliphatic carbocycles. The third kappa shape index (κ3) is 1.70. The Morgan fingerprint density at radius 2 is 2.20 bits per heavy atom. The molecule has 1 aliphatic heterocycles. The van der Waals surface area contributed by atoms with E-state index in [0.29, 0.717) is 6.04 Å². The van der Waals surface area contributed by atoms with Crippen molar-refractivity contribution in [2.75, 3.05) is 6.26 Å². The molecule has 4 heteroatoms. The summed E-state index contributed by atoms with van der Waals surface area (Å²) in [5, 5.41) is 2.54. The smallest absolute Gasteiger partial charge is 0.163 e. The maximum Gasteiger partial charge on any atom is 0.163 e. The van der Waals surface area contributed by atoms with Gasteiger partial charge in [0.15, 0.2) is 9.84 Å². The van der Waals surface area contributed by atoms with E-state index >= 15 is 0 Å². The lowest BCUT2D eigenvalue weighted by Gasteiger charge is -2.07. The summed E-state index contributed by atoms with van der Waals surface area (Å²) in [4.78, 5) is 0. The van der Waals surface area contributed by atoms with E-state index in [9.17, 15) is 8.42 Å². The molecule has 1 aliphatic rings. The van der Waals surface area contributed by atoms with Crippen LogP contribution in [-0.4, -0.2) is 26.1 Å². The van der Waals surface area contributed by atoms with E-state index in [-0.39, 0.29) is 0 Å². The minimum Gasteiger partial charge on any atom is -0.298 e. The van der Waals surface area contributed by atoms with Crippen LogP contribution < -0.4 is 5.32 Å². The molecular formula is C6H12NO2S. The second-order valence-corrected chi connectivity index (χ2v) is 4.96. The highest BCUT2D eigenvalue weighted by Crippen LogP contribution is 2.14. The fourth-order valence-corrected chi connectivity index (χ4v) is 1.98. The van der Waals surface area contributed by atoms with Crippen molar-refractivity contribution >= 4 is 9.84 Å². The van der Waals surface area contributed by atoms with Gasteiger partial charge < -0.3 is 0 Å². The Hall–Kier alpha value is -0.0900. The molecule has 1 fully saturated rings. The van der Waals surface area contributed by atoms with Gasteiger partial charge in [0.05, 0.1) is 0 Å². The first-order chi connectivity index (χ1) is 4.50. The third-order valence-corrected chi connectivity index (χ3v) is 2.86. The van der Waals surface area contributed by atoms with Gasteiger partial charge >= 0.3 is 0 Å². The Kier molecular flexibility index (Phi) is 2.01. The second kappa shape index (κ2) is 2.51. The average Bonchev–Trinajstić information content (AvgIpc) is 2.11. The zero-order valence-electron chi connectivity index (χ0n) is 6.16. The standard InChI is InChI=1S/C6H12NO2S/c1-5-3-4-6(7-5)10(2,8)9/h4-7H,3H2,1-2H3. The van der Waals surface area contributed by atoms with E-state index in [2.05, 4.69) is 5.32 Å². The van der Waals surface area contributed by atoms with Crippen molar-refractivity contribution in [2.45, 2.75) is 24.8 Å². The van der Waals surface area contributed by atoms with Crippen LogP contribution in [0.2, 0.25) is 0 Å². The van der Waals surface area contributed by atoms with Gasteiger partial charge in [-0.2, -0.15) is 0 Å². The van der Waals surface area contributed by atoms with Gasteiger partial charge in [-0.25, -0.2) is 8.42 Å². The Morgan fingerprint density at radius 3 is 2.40 bits per heavy atom. The minimum absolute atomic E-state index is 0.305. The topological polar surface area (TPSA) is 46.2 Å². The van der Waals surface area contributed by atoms with E-state index in [1.54, 1.807) is 6.42 Å². The van der Waals surface area contributed by atoms with E-state index in [1.807, 2.05) is 6.92 Å². The maximum absolute atomic E-state index is 10.9. The highest BCUT2D eigenvalue weighted by atomic mass is 32.2. The average molecular weight is 162 g/mol. The van der Waals surface area contributed by atoms with Crippen molar-refractivity contribution in [3.63, 3.8) is 0 Å². The fraction of sp³-hybridized carbons (Fsp3) is 0.833. The van der Waals surface area contributed by atoms with Gasteiger partial charge in [-0.05, 0) is 19.8 Å². The first-order valence-electron chi connectivity index (χ1n) is 3.28. The fourth-order valence-electron chi connectivity index (χ4n) is 1.04. The Morgan fingerprint density at radius 1 is 1.60 bits per heavy atom. The molecule has 1 radical (unpaired) electrons. The SMILES string of the molecule is CC1C[CH]C(S(C)(=O)=O)N1. The zero-order valence-corrected chi connectivity index (χ0v) is 6.98. The van der Waals surface area contributed by atoms with Gasteiger partial charge in [-0.15, -0.1) is 0 Å². The molecule has 0 saturated carbocycles. The van der Waals surface area contributed by atoms with Crippen LogP contribution in [0.1, 0.15) is 13.3 Å². The Bertz CT molecular complexity index is 210. The molecule has 0 aromatic rings. The van der Waals surface area contributed by atoms with Gasteiger partial charge in [0.1, 0.15) is 5.37 Å². The van der Waals surface area contributed by atoms with Gasteiger partial charge in [0, 0.05) is 12.3 Å². The number of rotatable bonds is 1. The first kappa shape index (κ1) is 8.01. The molecule has 1 saturated heterocycles. The molecule has 2 atom stereocenters. The first-order valence-corrected chi connectivity index (χ1v) is 5.24. The van der Waals surface area contributed by atoms with Crippen LogP contribution in [0.5, 0.6) is 0 Å². The van der Waals surface area contributed by atoms with Crippen molar-refractivity contribution in [3.8, 4) is 0 Å². The largest absolute Gasteiger partial charge is 0.298 e. The van der Waals surface area contributed by atoms with E-state index in [1.165, 1.54) is 6.26 Å². The van der Waals surface area contributed by atoms with Gasteiger partial charge in [0.2, 0.25) is 0 Å². The summed E-state index contributed by atoms with van der Waals surface area (Å²) >= 11 is 0. The third-order valence-electron chi connectivity index (χ3n) is 1.61. The molecule has 0 bridgehead atoms. The molecule has 1 N–H and O–H groups in total. The predicted molar refractivity (Wildman–Crippen MR) is 40.1 cm³/mol. The van der Waals surface area contributed by atoms with Crippen LogP contribution in [0.15, 0.2) is 0 Å². The van der Waals surface area contributed by atoms with Crippen molar-refractivity contribution in [3.05, 3.63) is 6.42 Å². The molecule has 3 nitrogen and oxygen atoms in total. The zero-order chi connectivity index (χ0) is 7.78. The molecule has 0 aromatic carbocycles. The van der Waals surface area contributed by atoms with Crippen LogP contribution >= 0.6 is 0 Å². The van der Waals surface area contributed by atoms with Crippen LogP contribution in [0.25, 0.3) is 0 Å². The van der Waals surface area contributed by atoms with Gasteiger partial charge in [-0.1, -0.05) is 0 Å². The summed E-state index contributed by atoms with van der Waals surface area (Å²) in [6.45, 7) is 1.97. The summed E-state index contributed by atoms with van der Waals surface area (Å²) < 4.78 is 21.8. The molecular weight excluding hydrogens is 150 g/mol. The lowest BCUT2D eigenvalue weighted by Crippen LogP contribution is -2.33. The monoisotopic (exact) mass is 162 g/mol. The lowest BCUT2D eigenvalue weighted by molar-refractivity contribution is 0.573. The molecule has 0 spiro atoms. The Labute approximate surface area is 61.7 Å². The van der Waals surface area contributed by atoms with Crippen molar-refractivity contribution in [2.24, 2.45) is 0 Å². The molecule has 59 valence electrons. The highest BCUT2D eigenvalue weighted by molar-refractivity contribution is 7.91. The summed E-state index contributed by atoms with van der Waals surface area (Å²) in [7, 11) is -2.90. The molecule has 10 heavy (non-hydrogen) atoms. The molecule has 1 heterocycles. The molecule has 0 aromatic heterocycles. The number of hydrogen-bond acceptors (Lipinski definition) is 3. The maximum atomic E-state index is 10.9. The molecule has 2 unspecified atom stereocenters. The second-order valence-electron chi connectivity index (χ2n) is 2.79. The van der Waals surface area contributed by atoms with Crippen LogP contribution in [0, 0.1) is 6.42 Å². The van der Waals surface area contributed by atoms with Gasteiger partial charge in [-0.3, -0.25) is 5.32 Å². The summed E-state index contributed by atoms with van der Waals surface area (Å²) in [5.74, 6) is 0. The highest BCUT2D eigenvalue weighted by Gasteiger charge is 2.28. The van der Waals surface area contributed by atoms with Crippen molar-refractivity contribution < 1.29 is 8.42 Å². The quantitative estimate of drug-likeness (QED) is 0.587. The summed E-state index contributed by atoms with van der Waals surface area (Å²) in [6.07, 6.45) is 3.90. The predicted octanol–water partition coefficient (Wildman–Crippen LogP) is -0.0568. The van der Waals surface area contributed by atoms with Gasteiger partial charge in [0.25, 0.3) is 0 Å². The summed E-state index contributed by atoms with van der Waals surface area (Å²) in [6, 6.07) is 0.305. The number of sulfone groups is 1. The van der Waals surface area contributed by atoms with E-state index in [0.717, 1.165) is 6.42 Å². The summed E-state index contributed by atoms with van der Waals surface area (Å²) in [5.41, 5.74) is 0. The Balaban J connectivity index is 2.62. The van der Waals surface area contributed by atoms with Crippen LogP contribution in [-0.2, 0) is 9.84 Å². The van der Waals surface area contributed by atoms with Crippen LogP contribution in [0.3, 0.4) is 0 Å². The lowest BCUT2D eigenvalue weighted by atomic mass is 10.3. The van der Waals surface area contributed by atoms with Crippen molar-refractivity contribution in [1.82, 2.24) is 5.32 Å². The minimum atomic E-state index is -2.90.